The van der Waals surface area contributed by atoms with Crippen LogP contribution in [0.15, 0.2) is 0 Å². The molecule has 2 saturated carbocycles. The maximum atomic E-state index is 11.4. The monoisotopic (exact) mass is 282 g/mol. The van der Waals surface area contributed by atoms with Gasteiger partial charge >= 0.3 is 5.97 Å². The summed E-state index contributed by atoms with van der Waals surface area (Å²) in [4.78, 5) is 11.4. The zero-order chi connectivity index (χ0) is 14.7. The van der Waals surface area contributed by atoms with Crippen LogP contribution >= 0.6 is 0 Å². The van der Waals surface area contributed by atoms with Crippen molar-refractivity contribution in [3.63, 3.8) is 0 Å². The Hall–Kier alpha value is -0.570. The molecule has 0 aromatic rings. The maximum absolute atomic E-state index is 11.4. The number of ether oxygens (including phenoxy) is 1. The van der Waals surface area contributed by atoms with Gasteiger partial charge in [0, 0.05) is 0 Å². The molecule has 2 bridgehead atoms. The molecule has 3 heteroatoms. The molecule has 3 rings (SSSR count). The predicted molar refractivity (Wildman–Crippen MR) is 79.1 cm³/mol. The van der Waals surface area contributed by atoms with Crippen LogP contribution in [0.1, 0.15) is 59.3 Å². The summed E-state index contributed by atoms with van der Waals surface area (Å²) >= 11 is 0. The van der Waals surface area contributed by atoms with Crippen molar-refractivity contribution in [2.24, 2.45) is 29.6 Å². The van der Waals surface area contributed by atoms with Crippen molar-refractivity contribution in [2.45, 2.75) is 65.4 Å². The van der Waals surface area contributed by atoms with E-state index in [2.05, 4.69) is 20.8 Å². The molecule has 20 heavy (non-hydrogen) atoms. The lowest BCUT2D eigenvalue weighted by molar-refractivity contribution is -0.144. The number of rotatable bonds is 3. The fourth-order valence-corrected chi connectivity index (χ4v) is 4.00. The van der Waals surface area contributed by atoms with E-state index < -0.39 is 6.10 Å². The van der Waals surface area contributed by atoms with Crippen LogP contribution in [0.3, 0.4) is 0 Å². The zero-order valence-electron chi connectivity index (χ0n) is 13.2. The van der Waals surface area contributed by atoms with Crippen molar-refractivity contribution < 1.29 is 14.6 Å². The van der Waals surface area contributed by atoms with Crippen molar-refractivity contribution in [3.8, 4) is 0 Å². The largest absolute Gasteiger partial charge is 0.465 e. The van der Waals surface area contributed by atoms with E-state index in [9.17, 15) is 9.90 Å². The van der Waals surface area contributed by atoms with Crippen LogP contribution in [0.25, 0.3) is 0 Å². The standard InChI is InChI=1S/C13H20O3.C4H10/c14-12(11-3-4-16-13(11)15)7-10-6-8-1-2-9(10)5-8;1-4(2)3/h8-12,14H,1-7H2;4H,1-3H3. The Kier molecular flexibility index (Phi) is 5.48. The normalized spacial score (nSPS) is 36.8. The van der Waals surface area contributed by atoms with Crippen LogP contribution < -0.4 is 0 Å². The second-order valence-electron chi connectivity index (χ2n) is 7.53. The first-order chi connectivity index (χ1) is 9.47. The van der Waals surface area contributed by atoms with Gasteiger partial charge in [-0.05, 0) is 55.8 Å². The van der Waals surface area contributed by atoms with Crippen LogP contribution in [-0.4, -0.2) is 23.8 Å². The van der Waals surface area contributed by atoms with Crippen molar-refractivity contribution in [2.75, 3.05) is 6.61 Å². The van der Waals surface area contributed by atoms with Gasteiger partial charge in [0.1, 0.15) is 0 Å². The van der Waals surface area contributed by atoms with Gasteiger partial charge in [-0.25, -0.2) is 0 Å². The number of carbonyl (C=O) groups excluding carboxylic acids is 1. The summed E-state index contributed by atoms with van der Waals surface area (Å²) in [7, 11) is 0. The first-order valence-electron chi connectivity index (χ1n) is 8.32. The van der Waals surface area contributed by atoms with Crippen LogP contribution in [-0.2, 0) is 9.53 Å². The third-order valence-corrected chi connectivity index (χ3v) is 4.87. The minimum absolute atomic E-state index is 0.185. The molecular weight excluding hydrogens is 252 g/mol. The quantitative estimate of drug-likeness (QED) is 0.807. The van der Waals surface area contributed by atoms with E-state index in [-0.39, 0.29) is 11.9 Å². The lowest BCUT2D eigenvalue weighted by Gasteiger charge is -2.25. The molecule has 0 radical (unpaired) electrons. The summed E-state index contributed by atoms with van der Waals surface area (Å²) in [5.41, 5.74) is 0. The smallest absolute Gasteiger partial charge is 0.311 e. The minimum atomic E-state index is -0.459. The number of fused-ring (bicyclic) bond motifs is 2. The Labute approximate surface area is 123 Å². The van der Waals surface area contributed by atoms with E-state index in [1.54, 1.807) is 0 Å². The average molecular weight is 282 g/mol. The molecule has 5 unspecified atom stereocenters. The molecule has 3 aliphatic rings. The van der Waals surface area contributed by atoms with Gasteiger partial charge in [0.2, 0.25) is 0 Å². The van der Waals surface area contributed by atoms with Gasteiger partial charge < -0.3 is 9.84 Å². The Bertz CT molecular complexity index is 323. The van der Waals surface area contributed by atoms with E-state index >= 15 is 0 Å². The second-order valence-corrected chi connectivity index (χ2v) is 7.53. The molecule has 1 heterocycles. The molecular formula is C17H30O3. The van der Waals surface area contributed by atoms with Crippen molar-refractivity contribution in [1.82, 2.24) is 0 Å². The summed E-state index contributed by atoms with van der Waals surface area (Å²) < 4.78 is 4.91. The van der Waals surface area contributed by atoms with Gasteiger partial charge in [-0.2, -0.15) is 0 Å². The van der Waals surface area contributed by atoms with Gasteiger partial charge in [0.25, 0.3) is 0 Å². The summed E-state index contributed by atoms with van der Waals surface area (Å²) in [5.74, 6) is 2.83. The Balaban J connectivity index is 0.000000328. The van der Waals surface area contributed by atoms with E-state index in [0.29, 0.717) is 18.9 Å². The first kappa shape index (κ1) is 15.8. The molecule has 0 aromatic carbocycles. The van der Waals surface area contributed by atoms with Gasteiger partial charge in [-0.3, -0.25) is 4.79 Å². The summed E-state index contributed by atoms with van der Waals surface area (Å²) in [6.07, 6.45) is 6.46. The lowest BCUT2D eigenvalue weighted by Crippen LogP contribution is -2.28. The molecule has 1 N–H and O–H groups in total. The zero-order valence-corrected chi connectivity index (χ0v) is 13.2. The van der Waals surface area contributed by atoms with Crippen LogP contribution in [0.5, 0.6) is 0 Å². The van der Waals surface area contributed by atoms with Crippen LogP contribution in [0.4, 0.5) is 0 Å². The van der Waals surface area contributed by atoms with Crippen LogP contribution in [0, 0.1) is 29.6 Å². The number of hydrogen-bond acceptors (Lipinski definition) is 3. The highest BCUT2D eigenvalue weighted by Crippen LogP contribution is 2.50. The Morgan fingerprint density at radius 2 is 1.90 bits per heavy atom. The van der Waals surface area contributed by atoms with Gasteiger partial charge in [0.05, 0.1) is 18.6 Å². The van der Waals surface area contributed by atoms with Gasteiger partial charge in [0.15, 0.2) is 0 Å². The molecule has 2 aliphatic carbocycles. The molecule has 0 amide bonds. The number of aliphatic hydroxyl groups excluding tert-OH is 1. The first-order valence-corrected chi connectivity index (χ1v) is 8.32. The topological polar surface area (TPSA) is 46.5 Å². The molecule has 0 aromatic heterocycles. The highest BCUT2D eigenvalue weighted by Gasteiger charge is 2.42. The number of cyclic esters (lactones) is 1. The lowest BCUT2D eigenvalue weighted by atomic mass is 9.82. The Morgan fingerprint density at radius 1 is 1.20 bits per heavy atom. The fraction of sp³-hybridized carbons (Fsp3) is 0.941. The minimum Gasteiger partial charge on any atom is -0.465 e. The van der Waals surface area contributed by atoms with Crippen molar-refractivity contribution >= 4 is 5.97 Å². The Morgan fingerprint density at radius 3 is 2.35 bits per heavy atom. The summed E-state index contributed by atoms with van der Waals surface area (Å²) in [6.45, 7) is 7.00. The van der Waals surface area contributed by atoms with Gasteiger partial charge in [-0.15, -0.1) is 0 Å². The third-order valence-electron chi connectivity index (χ3n) is 4.87. The van der Waals surface area contributed by atoms with E-state index in [4.69, 9.17) is 4.74 Å². The second kappa shape index (κ2) is 6.93. The highest BCUT2D eigenvalue weighted by atomic mass is 16.5. The molecule has 3 fully saturated rings. The SMILES string of the molecule is CC(C)C.O=C1OCCC1C(O)CC1CC2CCC1C2. The molecule has 1 aliphatic heterocycles. The maximum Gasteiger partial charge on any atom is 0.311 e. The van der Waals surface area contributed by atoms with Crippen molar-refractivity contribution in [1.29, 1.82) is 0 Å². The van der Waals surface area contributed by atoms with Crippen molar-refractivity contribution in [3.05, 3.63) is 0 Å². The fourth-order valence-electron chi connectivity index (χ4n) is 4.00. The molecule has 116 valence electrons. The number of carbonyl (C=O) groups is 1. The van der Waals surface area contributed by atoms with E-state index in [0.717, 1.165) is 24.2 Å². The number of esters is 1. The van der Waals surface area contributed by atoms with Crippen LogP contribution in [0.2, 0.25) is 0 Å². The molecule has 1 saturated heterocycles. The molecule has 5 atom stereocenters. The number of aliphatic hydroxyl groups is 1. The van der Waals surface area contributed by atoms with E-state index in [1.165, 1.54) is 25.7 Å². The van der Waals surface area contributed by atoms with Gasteiger partial charge in [-0.1, -0.05) is 27.2 Å². The summed E-state index contributed by atoms with van der Waals surface area (Å²) in [5, 5.41) is 10.1. The van der Waals surface area contributed by atoms with E-state index in [1.807, 2.05) is 0 Å². The summed E-state index contributed by atoms with van der Waals surface area (Å²) in [6, 6.07) is 0. The number of hydrogen-bond donors (Lipinski definition) is 1. The third kappa shape index (κ3) is 3.97. The molecule has 0 spiro atoms. The highest BCUT2D eigenvalue weighted by molar-refractivity contribution is 5.74. The predicted octanol–water partition coefficient (Wildman–Crippen LogP) is 3.40. The molecule has 3 nitrogen and oxygen atoms in total. The average Bonchev–Trinajstić information content (AvgIpc) is 3.03.